The van der Waals surface area contributed by atoms with Gasteiger partial charge in [-0.15, -0.1) is 0 Å². The molecular formula is C40H65BrN6O9. The number of carbonyl (C=O) groups is 6. The average Bonchev–Trinajstić information content (AvgIpc) is 3.07. The van der Waals surface area contributed by atoms with Crippen LogP contribution in [0.4, 0.5) is 4.79 Å². The molecule has 316 valence electrons. The second kappa shape index (κ2) is 22.2. The second-order valence-corrected chi connectivity index (χ2v) is 18.3. The van der Waals surface area contributed by atoms with Crippen molar-refractivity contribution in [2.75, 3.05) is 13.1 Å². The van der Waals surface area contributed by atoms with E-state index >= 15 is 0 Å². The number of rotatable bonds is 18. The van der Waals surface area contributed by atoms with Gasteiger partial charge in [-0.25, -0.2) is 14.4 Å². The maximum atomic E-state index is 13.5. The van der Waals surface area contributed by atoms with Crippen molar-refractivity contribution < 1.29 is 43.0 Å². The Hall–Kier alpha value is -3.79. The van der Waals surface area contributed by atoms with Gasteiger partial charge in [0.25, 0.3) is 0 Å². The first-order valence-corrected chi connectivity index (χ1v) is 20.4. The standard InChI is InChI=1S/C40H65BrN6O9/c1-38(2,3)54-32(48)20-19-30(36(52)56-40(7,8)9)47-37(53)46-29(35(51)55-39(4,5)6)12-10-11-21-43-34(50)31(22-28-18-17-27(41)24-44-28)45-33(49)26-15-13-25(23-42)14-16-26/h17-18,24-26,29-31H,10-16,19-23,42H2,1-9H3,(H,43,50)(H,45,49)(H2,46,47,53)/t25?,26?,29-,30-,31-/m0/s1. The van der Waals surface area contributed by atoms with Gasteiger partial charge in [-0.2, -0.15) is 0 Å². The summed E-state index contributed by atoms with van der Waals surface area (Å²) in [5, 5.41) is 11.0. The van der Waals surface area contributed by atoms with E-state index in [1.54, 1.807) is 74.6 Å². The number of amides is 4. The zero-order chi connectivity index (χ0) is 42.3. The van der Waals surface area contributed by atoms with Gasteiger partial charge in [0.05, 0.1) is 0 Å². The predicted octanol–water partition coefficient (Wildman–Crippen LogP) is 4.76. The average molecular weight is 854 g/mol. The predicted molar refractivity (Wildman–Crippen MR) is 215 cm³/mol. The van der Waals surface area contributed by atoms with Crippen molar-refractivity contribution in [2.24, 2.45) is 17.6 Å². The van der Waals surface area contributed by atoms with E-state index in [0.717, 1.165) is 30.2 Å². The lowest BCUT2D eigenvalue weighted by molar-refractivity contribution is -0.159. The van der Waals surface area contributed by atoms with Crippen LogP contribution in [0.15, 0.2) is 22.8 Å². The molecule has 1 aromatic rings. The summed E-state index contributed by atoms with van der Waals surface area (Å²) >= 11 is 3.37. The van der Waals surface area contributed by atoms with E-state index in [1.807, 2.05) is 6.07 Å². The summed E-state index contributed by atoms with van der Waals surface area (Å²) in [5.41, 5.74) is 4.03. The number of carbonyl (C=O) groups excluding carboxylic acids is 6. The van der Waals surface area contributed by atoms with Crippen LogP contribution in [-0.4, -0.2) is 88.8 Å². The molecule has 56 heavy (non-hydrogen) atoms. The molecule has 2 rings (SSSR count). The zero-order valence-electron chi connectivity index (χ0n) is 34.7. The Bertz CT molecular complexity index is 1460. The van der Waals surface area contributed by atoms with E-state index in [-0.39, 0.29) is 50.0 Å². The molecule has 6 N–H and O–H groups in total. The molecule has 0 aromatic carbocycles. The molecular weight excluding hydrogens is 788 g/mol. The summed E-state index contributed by atoms with van der Waals surface area (Å²) in [7, 11) is 0. The minimum atomic E-state index is -1.21. The summed E-state index contributed by atoms with van der Waals surface area (Å²) in [4.78, 5) is 83.1. The Balaban J connectivity index is 2.07. The molecule has 0 radical (unpaired) electrons. The van der Waals surface area contributed by atoms with Crippen molar-refractivity contribution >= 4 is 51.7 Å². The summed E-state index contributed by atoms with van der Waals surface area (Å²) in [6.07, 6.45) is 5.75. The van der Waals surface area contributed by atoms with Crippen molar-refractivity contribution in [1.82, 2.24) is 26.3 Å². The fraction of sp³-hybridized carbons (Fsp3) is 0.725. The Morgan fingerprint density at radius 2 is 1.32 bits per heavy atom. The van der Waals surface area contributed by atoms with Gasteiger partial charge in [-0.1, -0.05) is 0 Å². The van der Waals surface area contributed by atoms with Gasteiger partial charge in [-0.3, -0.25) is 19.4 Å². The van der Waals surface area contributed by atoms with Gasteiger partial charge in [-0.05, 0) is 154 Å². The number of urea groups is 1. The quantitative estimate of drug-likeness (QED) is 0.0771. The molecule has 1 aliphatic carbocycles. The molecule has 16 heteroatoms. The van der Waals surface area contributed by atoms with Crippen molar-refractivity contribution in [3.8, 4) is 0 Å². The summed E-state index contributed by atoms with van der Waals surface area (Å²) in [6, 6.07) is -0.370. The number of aromatic nitrogens is 1. The van der Waals surface area contributed by atoms with Crippen LogP contribution in [0.1, 0.15) is 126 Å². The van der Waals surface area contributed by atoms with E-state index in [2.05, 4.69) is 42.2 Å². The molecule has 0 unspecified atom stereocenters. The van der Waals surface area contributed by atoms with Gasteiger partial charge in [0.1, 0.15) is 34.9 Å². The maximum Gasteiger partial charge on any atom is 0.329 e. The van der Waals surface area contributed by atoms with E-state index in [0.29, 0.717) is 31.0 Å². The second-order valence-electron chi connectivity index (χ2n) is 17.4. The molecule has 15 nitrogen and oxygen atoms in total. The smallest absolute Gasteiger partial charge is 0.329 e. The molecule has 1 aromatic heterocycles. The largest absolute Gasteiger partial charge is 0.460 e. The number of unbranched alkanes of at least 4 members (excludes halogenated alkanes) is 1. The lowest BCUT2D eigenvalue weighted by Crippen LogP contribution is -2.53. The van der Waals surface area contributed by atoms with Crippen LogP contribution in [0.5, 0.6) is 0 Å². The van der Waals surface area contributed by atoms with Crippen molar-refractivity contribution in [2.45, 2.75) is 161 Å². The topological polar surface area (TPSA) is 217 Å². The minimum Gasteiger partial charge on any atom is -0.460 e. The first-order valence-electron chi connectivity index (χ1n) is 19.6. The number of hydrogen-bond donors (Lipinski definition) is 5. The van der Waals surface area contributed by atoms with E-state index in [4.69, 9.17) is 19.9 Å². The van der Waals surface area contributed by atoms with Crippen LogP contribution < -0.4 is 27.0 Å². The molecule has 4 amide bonds. The normalized spacial score (nSPS) is 17.7. The minimum absolute atomic E-state index is 0.0945. The number of ether oxygens (including phenoxy) is 3. The monoisotopic (exact) mass is 852 g/mol. The summed E-state index contributed by atoms with van der Waals surface area (Å²) in [6.45, 7) is 16.2. The van der Waals surface area contributed by atoms with Crippen LogP contribution >= 0.6 is 15.9 Å². The molecule has 0 aliphatic heterocycles. The fourth-order valence-corrected chi connectivity index (χ4v) is 6.19. The maximum absolute atomic E-state index is 13.5. The lowest BCUT2D eigenvalue weighted by Gasteiger charge is -2.28. The Morgan fingerprint density at radius 1 is 0.768 bits per heavy atom. The molecule has 0 spiro atoms. The Kier molecular flexibility index (Phi) is 19.2. The number of halogens is 1. The lowest BCUT2D eigenvalue weighted by atomic mass is 9.81. The molecule has 1 aliphatic rings. The Labute approximate surface area is 340 Å². The zero-order valence-corrected chi connectivity index (χ0v) is 36.3. The van der Waals surface area contributed by atoms with Crippen LogP contribution in [0.25, 0.3) is 0 Å². The van der Waals surface area contributed by atoms with Crippen LogP contribution in [0.2, 0.25) is 0 Å². The highest BCUT2D eigenvalue weighted by atomic mass is 79.9. The fourth-order valence-electron chi connectivity index (χ4n) is 5.96. The first kappa shape index (κ1) is 48.4. The number of nitrogens with one attached hydrogen (secondary N) is 4. The highest BCUT2D eigenvalue weighted by Crippen LogP contribution is 2.28. The number of esters is 3. The van der Waals surface area contributed by atoms with Crippen molar-refractivity contribution in [3.05, 3.63) is 28.5 Å². The third kappa shape index (κ3) is 19.9. The number of pyridine rings is 1. The summed E-state index contributed by atoms with van der Waals surface area (Å²) < 4.78 is 17.2. The van der Waals surface area contributed by atoms with Gasteiger partial charge in [0.2, 0.25) is 11.8 Å². The third-order valence-corrected chi connectivity index (χ3v) is 9.12. The van der Waals surface area contributed by atoms with Gasteiger partial charge < -0.3 is 41.2 Å². The van der Waals surface area contributed by atoms with Crippen LogP contribution in [0, 0.1) is 11.8 Å². The van der Waals surface area contributed by atoms with Crippen LogP contribution in [0.3, 0.4) is 0 Å². The highest BCUT2D eigenvalue weighted by molar-refractivity contribution is 9.10. The highest BCUT2D eigenvalue weighted by Gasteiger charge is 2.32. The third-order valence-electron chi connectivity index (χ3n) is 8.65. The molecule has 3 atom stereocenters. The van der Waals surface area contributed by atoms with Gasteiger partial charge in [0.15, 0.2) is 0 Å². The number of nitrogens with two attached hydrogens (primary N) is 1. The molecule has 1 fully saturated rings. The number of hydrogen-bond acceptors (Lipinski definition) is 11. The van der Waals surface area contributed by atoms with Gasteiger partial charge >= 0.3 is 23.9 Å². The Morgan fingerprint density at radius 3 is 1.82 bits per heavy atom. The van der Waals surface area contributed by atoms with E-state index in [9.17, 15) is 28.8 Å². The van der Waals surface area contributed by atoms with E-state index in [1.165, 1.54) is 0 Å². The van der Waals surface area contributed by atoms with Crippen molar-refractivity contribution in [3.63, 3.8) is 0 Å². The van der Waals surface area contributed by atoms with Crippen molar-refractivity contribution in [1.29, 1.82) is 0 Å². The van der Waals surface area contributed by atoms with E-state index < -0.39 is 58.9 Å². The molecule has 1 heterocycles. The molecule has 0 saturated heterocycles. The molecule has 0 bridgehead atoms. The number of nitrogens with zero attached hydrogens (tertiary/aromatic N) is 1. The van der Waals surface area contributed by atoms with Crippen LogP contribution in [-0.2, 0) is 44.6 Å². The van der Waals surface area contributed by atoms with Gasteiger partial charge in [0, 0.05) is 41.7 Å². The summed E-state index contributed by atoms with van der Waals surface area (Å²) in [5.74, 6) is -2.27. The molecule has 1 saturated carbocycles. The first-order chi connectivity index (χ1) is 25.9. The SMILES string of the molecule is CC(C)(C)OC(=O)CC[C@H](NC(=O)N[C@@H](CCCCNC(=O)[C@H](Cc1ccc(Br)cn1)NC(=O)C1CCC(CN)CC1)C(=O)OC(C)(C)C)C(=O)OC(C)(C)C.